The van der Waals surface area contributed by atoms with Crippen molar-refractivity contribution in [2.24, 2.45) is 11.1 Å². The van der Waals surface area contributed by atoms with Gasteiger partial charge < -0.3 is 10.8 Å². The van der Waals surface area contributed by atoms with Crippen molar-refractivity contribution in [3.05, 3.63) is 35.4 Å². The molecule has 0 aromatic heterocycles. The topological polar surface area (TPSA) is 63.3 Å². The zero-order valence-electron chi connectivity index (χ0n) is 13.9. The van der Waals surface area contributed by atoms with E-state index >= 15 is 0 Å². The van der Waals surface area contributed by atoms with Gasteiger partial charge >= 0.3 is 5.97 Å². The van der Waals surface area contributed by atoms with Crippen LogP contribution in [0, 0.1) is 5.41 Å². The van der Waals surface area contributed by atoms with Crippen molar-refractivity contribution in [3.63, 3.8) is 0 Å². The minimum atomic E-state index is -0.771. The minimum absolute atomic E-state index is 0.127. The molecule has 3 N–H and O–H groups in total. The lowest BCUT2D eigenvalue weighted by Crippen LogP contribution is -2.24. The lowest BCUT2D eigenvalue weighted by molar-refractivity contribution is -0.139. The second-order valence-electron chi connectivity index (χ2n) is 7.40. The van der Waals surface area contributed by atoms with E-state index in [0.29, 0.717) is 6.42 Å². The van der Waals surface area contributed by atoms with Crippen LogP contribution >= 0.6 is 0 Å². The molecule has 1 aromatic rings. The van der Waals surface area contributed by atoms with Crippen molar-refractivity contribution in [2.45, 2.75) is 65.3 Å². The van der Waals surface area contributed by atoms with Crippen LogP contribution in [0.15, 0.2) is 24.3 Å². The fraction of sp³-hybridized carbons (Fsp3) is 0.611. The average molecular weight is 291 g/mol. The summed E-state index contributed by atoms with van der Waals surface area (Å²) in [6.07, 6.45) is 1.89. The summed E-state index contributed by atoms with van der Waals surface area (Å²) in [5, 5.41) is 8.94. The maximum Gasteiger partial charge on any atom is 0.303 e. The molecule has 0 amide bonds. The van der Waals surface area contributed by atoms with Gasteiger partial charge in [-0.15, -0.1) is 0 Å². The van der Waals surface area contributed by atoms with Crippen molar-refractivity contribution in [2.75, 3.05) is 0 Å². The lowest BCUT2D eigenvalue weighted by Gasteiger charge is -2.27. The summed E-state index contributed by atoms with van der Waals surface area (Å²) in [6.45, 7) is 10.6. The molecule has 0 aliphatic carbocycles. The van der Waals surface area contributed by atoms with E-state index in [9.17, 15) is 4.79 Å². The first-order valence-electron chi connectivity index (χ1n) is 7.65. The van der Waals surface area contributed by atoms with Gasteiger partial charge in [0.15, 0.2) is 0 Å². The summed E-state index contributed by atoms with van der Waals surface area (Å²) in [6, 6.07) is 8.31. The first kappa shape index (κ1) is 17.7. The van der Waals surface area contributed by atoms with Gasteiger partial charge in [0.05, 0.1) is 6.42 Å². The largest absolute Gasteiger partial charge is 0.481 e. The smallest absolute Gasteiger partial charge is 0.303 e. The predicted molar refractivity (Wildman–Crippen MR) is 87.3 cm³/mol. The molecule has 21 heavy (non-hydrogen) atoms. The SMILES string of the molecule is CCC(C)(C)c1ccc(C(N)CC(C)(C)CC(=O)O)cc1. The quantitative estimate of drug-likeness (QED) is 0.788. The highest BCUT2D eigenvalue weighted by Gasteiger charge is 2.25. The fourth-order valence-electron chi connectivity index (χ4n) is 2.58. The molecule has 3 heteroatoms. The number of carbonyl (C=O) groups is 1. The molecule has 0 aliphatic heterocycles. The van der Waals surface area contributed by atoms with E-state index in [2.05, 4.69) is 45.0 Å². The number of benzene rings is 1. The molecule has 3 nitrogen and oxygen atoms in total. The van der Waals surface area contributed by atoms with Gasteiger partial charge in [-0.3, -0.25) is 4.79 Å². The zero-order chi connectivity index (χ0) is 16.3. The summed E-state index contributed by atoms with van der Waals surface area (Å²) >= 11 is 0. The van der Waals surface area contributed by atoms with E-state index in [1.807, 2.05) is 13.8 Å². The summed E-state index contributed by atoms with van der Waals surface area (Å²) in [5.74, 6) is -0.771. The third-order valence-corrected chi connectivity index (χ3v) is 4.41. The molecule has 1 unspecified atom stereocenters. The lowest BCUT2D eigenvalue weighted by atomic mass is 9.79. The first-order valence-corrected chi connectivity index (χ1v) is 7.65. The Hall–Kier alpha value is -1.35. The van der Waals surface area contributed by atoms with E-state index in [1.54, 1.807) is 0 Å². The molecule has 0 saturated carbocycles. The van der Waals surface area contributed by atoms with E-state index in [1.165, 1.54) is 5.56 Å². The van der Waals surface area contributed by atoms with Crippen molar-refractivity contribution >= 4 is 5.97 Å². The molecule has 1 atom stereocenters. The number of nitrogens with two attached hydrogens (primary N) is 1. The van der Waals surface area contributed by atoms with Crippen molar-refractivity contribution < 1.29 is 9.90 Å². The second-order valence-corrected chi connectivity index (χ2v) is 7.40. The van der Waals surface area contributed by atoms with Crippen LogP contribution in [0.5, 0.6) is 0 Å². The van der Waals surface area contributed by atoms with E-state index in [-0.39, 0.29) is 23.3 Å². The highest BCUT2D eigenvalue weighted by Crippen LogP contribution is 2.33. The number of rotatable bonds is 7. The third kappa shape index (κ3) is 5.16. The second kappa shape index (κ2) is 6.61. The Labute approximate surface area is 128 Å². The zero-order valence-corrected chi connectivity index (χ0v) is 13.9. The van der Waals surface area contributed by atoms with Crippen molar-refractivity contribution in [1.29, 1.82) is 0 Å². The maximum atomic E-state index is 10.9. The van der Waals surface area contributed by atoms with Crippen LogP contribution in [0.4, 0.5) is 0 Å². The molecular weight excluding hydrogens is 262 g/mol. The molecule has 0 aliphatic rings. The standard InChI is InChI=1S/C18H29NO2/c1-6-18(4,5)14-9-7-13(8-10-14)15(19)11-17(2,3)12-16(20)21/h7-10,15H,6,11-12,19H2,1-5H3,(H,20,21). The van der Waals surface area contributed by atoms with Gasteiger partial charge in [-0.25, -0.2) is 0 Å². The monoisotopic (exact) mass is 291 g/mol. The number of hydrogen-bond donors (Lipinski definition) is 2. The molecular formula is C18H29NO2. The Bertz CT molecular complexity index is 474. The molecule has 0 saturated heterocycles. The van der Waals surface area contributed by atoms with Crippen molar-refractivity contribution in [1.82, 2.24) is 0 Å². The number of carboxylic acid groups (broad SMARTS) is 1. The van der Waals surface area contributed by atoms with Crippen LogP contribution in [0.25, 0.3) is 0 Å². The van der Waals surface area contributed by atoms with Crippen LogP contribution < -0.4 is 5.73 Å². The average Bonchev–Trinajstić information content (AvgIpc) is 2.36. The van der Waals surface area contributed by atoms with Crippen LogP contribution in [0.1, 0.15) is 71.0 Å². The highest BCUT2D eigenvalue weighted by molar-refractivity contribution is 5.67. The Morgan fingerprint density at radius 3 is 2.14 bits per heavy atom. The molecule has 0 radical (unpaired) electrons. The van der Waals surface area contributed by atoms with Gasteiger partial charge in [0.2, 0.25) is 0 Å². The van der Waals surface area contributed by atoms with Crippen LogP contribution in [0.2, 0.25) is 0 Å². The summed E-state index contributed by atoms with van der Waals surface area (Å²) in [4.78, 5) is 10.9. The number of carboxylic acids is 1. The highest BCUT2D eigenvalue weighted by atomic mass is 16.4. The molecule has 0 fully saturated rings. The number of aliphatic carboxylic acids is 1. The van der Waals surface area contributed by atoms with Gasteiger partial charge in [-0.05, 0) is 34.8 Å². The molecule has 1 rings (SSSR count). The van der Waals surface area contributed by atoms with E-state index < -0.39 is 5.97 Å². The fourth-order valence-corrected chi connectivity index (χ4v) is 2.58. The van der Waals surface area contributed by atoms with Gasteiger partial charge in [-0.2, -0.15) is 0 Å². The van der Waals surface area contributed by atoms with Crippen LogP contribution in [-0.2, 0) is 10.2 Å². The Balaban J connectivity index is 2.80. The summed E-state index contributed by atoms with van der Waals surface area (Å²) < 4.78 is 0. The third-order valence-electron chi connectivity index (χ3n) is 4.41. The first-order chi connectivity index (χ1) is 9.57. The molecule has 1 aromatic carbocycles. The Kier molecular flexibility index (Phi) is 5.57. The minimum Gasteiger partial charge on any atom is -0.481 e. The maximum absolute atomic E-state index is 10.9. The van der Waals surface area contributed by atoms with E-state index in [0.717, 1.165) is 12.0 Å². The molecule has 0 bridgehead atoms. The molecule has 0 heterocycles. The van der Waals surface area contributed by atoms with Crippen molar-refractivity contribution in [3.8, 4) is 0 Å². The molecule has 118 valence electrons. The Morgan fingerprint density at radius 1 is 1.19 bits per heavy atom. The molecule has 0 spiro atoms. The predicted octanol–water partition coefficient (Wildman–Crippen LogP) is 4.27. The Morgan fingerprint density at radius 2 is 1.71 bits per heavy atom. The summed E-state index contributed by atoms with van der Waals surface area (Å²) in [5.41, 5.74) is 8.51. The van der Waals surface area contributed by atoms with Crippen LogP contribution in [0.3, 0.4) is 0 Å². The number of hydrogen-bond acceptors (Lipinski definition) is 2. The van der Waals surface area contributed by atoms with Gasteiger partial charge in [-0.1, -0.05) is 58.9 Å². The van der Waals surface area contributed by atoms with Crippen LogP contribution in [-0.4, -0.2) is 11.1 Å². The van der Waals surface area contributed by atoms with Gasteiger partial charge in [0.25, 0.3) is 0 Å². The van der Waals surface area contributed by atoms with Gasteiger partial charge in [0, 0.05) is 6.04 Å². The normalized spacial score (nSPS) is 14.0. The van der Waals surface area contributed by atoms with Gasteiger partial charge in [0.1, 0.15) is 0 Å². The van der Waals surface area contributed by atoms with E-state index in [4.69, 9.17) is 10.8 Å². The summed E-state index contributed by atoms with van der Waals surface area (Å²) in [7, 11) is 0.